The van der Waals surface area contributed by atoms with E-state index in [1.165, 1.54) is 11.1 Å². The minimum Gasteiger partial charge on any atom is -0.393 e. The second-order valence-corrected chi connectivity index (χ2v) is 5.10. The summed E-state index contributed by atoms with van der Waals surface area (Å²) in [4.78, 5) is 23.0. The van der Waals surface area contributed by atoms with Gasteiger partial charge in [0.15, 0.2) is 0 Å². The Kier molecular flexibility index (Phi) is 1.53. The Morgan fingerprint density at radius 3 is 1.88 bits per heavy atom. The molecule has 0 aromatic carbocycles. The summed E-state index contributed by atoms with van der Waals surface area (Å²) in [5.41, 5.74) is 2.59. The zero-order chi connectivity index (χ0) is 10.9. The second-order valence-electron chi connectivity index (χ2n) is 5.10. The SMILES string of the molecule is O=C1OC(=O)[C@@H]2CC3=C(C[C@H]12)[C@@H]1CC[C@H]3O1. The zero-order valence-electron chi connectivity index (χ0n) is 8.77. The highest BCUT2D eigenvalue weighted by molar-refractivity contribution is 5.97. The van der Waals surface area contributed by atoms with Crippen LogP contribution in [0, 0.1) is 11.8 Å². The molecule has 2 fully saturated rings. The van der Waals surface area contributed by atoms with Gasteiger partial charge in [0.2, 0.25) is 0 Å². The highest BCUT2D eigenvalue weighted by Gasteiger charge is 2.53. The molecule has 2 saturated heterocycles. The lowest BCUT2D eigenvalue weighted by atomic mass is 9.72. The molecular weight excluding hydrogens is 208 g/mol. The van der Waals surface area contributed by atoms with Crippen LogP contribution in [0.5, 0.6) is 0 Å². The number of rotatable bonds is 0. The van der Waals surface area contributed by atoms with Crippen molar-refractivity contribution in [3.05, 3.63) is 11.1 Å². The largest absolute Gasteiger partial charge is 0.393 e. The van der Waals surface area contributed by atoms with E-state index in [2.05, 4.69) is 0 Å². The molecule has 4 nitrogen and oxygen atoms in total. The van der Waals surface area contributed by atoms with Crippen molar-refractivity contribution in [2.75, 3.05) is 0 Å². The second kappa shape index (κ2) is 2.74. The van der Waals surface area contributed by atoms with Crippen molar-refractivity contribution in [3.63, 3.8) is 0 Å². The van der Waals surface area contributed by atoms with Gasteiger partial charge < -0.3 is 9.47 Å². The van der Waals surface area contributed by atoms with Crippen LogP contribution >= 0.6 is 0 Å². The molecule has 2 bridgehead atoms. The fourth-order valence-corrected chi connectivity index (χ4v) is 3.59. The van der Waals surface area contributed by atoms with Crippen LogP contribution in [-0.2, 0) is 19.1 Å². The van der Waals surface area contributed by atoms with Gasteiger partial charge in [-0.25, -0.2) is 0 Å². The first-order chi connectivity index (χ1) is 7.74. The van der Waals surface area contributed by atoms with E-state index in [4.69, 9.17) is 9.47 Å². The van der Waals surface area contributed by atoms with Crippen LogP contribution in [0.3, 0.4) is 0 Å². The lowest BCUT2D eigenvalue weighted by molar-refractivity contribution is -0.153. The van der Waals surface area contributed by atoms with Gasteiger partial charge in [0, 0.05) is 0 Å². The van der Waals surface area contributed by atoms with Gasteiger partial charge in [-0.2, -0.15) is 0 Å². The van der Waals surface area contributed by atoms with E-state index in [0.717, 1.165) is 12.8 Å². The molecule has 0 saturated carbocycles. The molecule has 0 N–H and O–H groups in total. The Bertz CT molecular complexity index is 398. The Balaban J connectivity index is 1.74. The molecule has 4 atom stereocenters. The molecule has 0 spiro atoms. The van der Waals surface area contributed by atoms with Crippen molar-refractivity contribution in [1.29, 1.82) is 0 Å². The summed E-state index contributed by atoms with van der Waals surface area (Å²) < 4.78 is 10.5. The molecule has 4 rings (SSSR count). The summed E-state index contributed by atoms with van der Waals surface area (Å²) in [6, 6.07) is 0. The molecular formula is C12H12O4. The molecule has 4 aliphatic rings. The smallest absolute Gasteiger partial charge is 0.317 e. The topological polar surface area (TPSA) is 52.6 Å². The van der Waals surface area contributed by atoms with Gasteiger partial charge in [-0.05, 0) is 36.8 Å². The van der Waals surface area contributed by atoms with Crippen molar-refractivity contribution < 1.29 is 19.1 Å². The fraction of sp³-hybridized carbons (Fsp3) is 0.667. The summed E-state index contributed by atoms with van der Waals surface area (Å²) >= 11 is 0. The van der Waals surface area contributed by atoms with Crippen molar-refractivity contribution in [2.24, 2.45) is 11.8 Å². The summed E-state index contributed by atoms with van der Waals surface area (Å²) in [5.74, 6) is -1.11. The molecule has 0 unspecified atom stereocenters. The lowest BCUT2D eigenvalue weighted by Crippen LogP contribution is -2.27. The van der Waals surface area contributed by atoms with Crippen LogP contribution in [0.1, 0.15) is 25.7 Å². The number of carbonyl (C=O) groups is 2. The molecule has 84 valence electrons. The van der Waals surface area contributed by atoms with E-state index in [0.29, 0.717) is 12.8 Å². The Labute approximate surface area is 92.6 Å². The summed E-state index contributed by atoms with van der Waals surface area (Å²) in [6.45, 7) is 0. The minimum atomic E-state index is -0.329. The number of ether oxygens (including phenoxy) is 2. The predicted octanol–water partition coefficient (Wildman–Crippen LogP) is 0.954. The average Bonchev–Trinajstić information content (AvgIpc) is 2.93. The maximum absolute atomic E-state index is 11.5. The first kappa shape index (κ1) is 8.93. The Morgan fingerprint density at radius 2 is 1.38 bits per heavy atom. The van der Waals surface area contributed by atoms with Gasteiger partial charge in [0.1, 0.15) is 0 Å². The van der Waals surface area contributed by atoms with Crippen molar-refractivity contribution in [3.8, 4) is 0 Å². The standard InChI is InChI=1S/C12H12O4/c13-11-7-3-5-6(4-8(7)12(14)16-11)10-2-1-9(5)15-10/h7-10H,1-4H2/t7-,8+,9-,10+. The van der Waals surface area contributed by atoms with E-state index in [9.17, 15) is 9.59 Å². The van der Waals surface area contributed by atoms with Gasteiger partial charge in [0.05, 0.1) is 24.0 Å². The molecule has 0 amide bonds. The average molecular weight is 220 g/mol. The first-order valence-corrected chi connectivity index (χ1v) is 5.87. The Hall–Kier alpha value is -1.16. The number of hydrogen-bond acceptors (Lipinski definition) is 4. The third-order valence-electron chi connectivity index (χ3n) is 4.38. The normalized spacial score (nSPS) is 44.8. The predicted molar refractivity (Wildman–Crippen MR) is 52.2 cm³/mol. The van der Waals surface area contributed by atoms with Gasteiger partial charge in [-0.3, -0.25) is 9.59 Å². The van der Waals surface area contributed by atoms with Crippen molar-refractivity contribution in [2.45, 2.75) is 37.9 Å². The van der Waals surface area contributed by atoms with E-state index in [1.807, 2.05) is 0 Å². The molecule has 3 aliphatic heterocycles. The van der Waals surface area contributed by atoms with Gasteiger partial charge in [0.25, 0.3) is 0 Å². The molecule has 0 aromatic heterocycles. The number of hydrogen-bond donors (Lipinski definition) is 0. The number of fused-ring (bicyclic) bond motifs is 5. The maximum Gasteiger partial charge on any atom is 0.317 e. The van der Waals surface area contributed by atoms with Crippen LogP contribution in [0.25, 0.3) is 0 Å². The van der Waals surface area contributed by atoms with Gasteiger partial charge >= 0.3 is 11.9 Å². The highest BCUT2D eigenvalue weighted by Crippen LogP contribution is 2.50. The van der Waals surface area contributed by atoms with Gasteiger partial charge in [-0.15, -0.1) is 0 Å². The molecule has 4 heteroatoms. The summed E-state index contributed by atoms with van der Waals surface area (Å²) in [5, 5.41) is 0. The molecule has 3 heterocycles. The lowest BCUT2D eigenvalue weighted by Gasteiger charge is -2.26. The Morgan fingerprint density at radius 1 is 0.875 bits per heavy atom. The van der Waals surface area contributed by atoms with E-state index < -0.39 is 0 Å². The number of esters is 2. The quantitative estimate of drug-likeness (QED) is 0.346. The van der Waals surface area contributed by atoms with E-state index in [1.54, 1.807) is 0 Å². The van der Waals surface area contributed by atoms with Crippen LogP contribution in [0.15, 0.2) is 11.1 Å². The van der Waals surface area contributed by atoms with Crippen molar-refractivity contribution >= 4 is 11.9 Å². The van der Waals surface area contributed by atoms with Gasteiger partial charge in [-0.1, -0.05) is 0 Å². The first-order valence-electron chi connectivity index (χ1n) is 5.87. The third-order valence-corrected chi connectivity index (χ3v) is 4.38. The summed E-state index contributed by atoms with van der Waals surface area (Å²) in [6.07, 6.45) is 3.97. The molecule has 0 radical (unpaired) electrons. The highest BCUT2D eigenvalue weighted by atomic mass is 16.6. The number of carbonyl (C=O) groups excluding carboxylic acids is 2. The van der Waals surface area contributed by atoms with Crippen LogP contribution in [0.4, 0.5) is 0 Å². The third kappa shape index (κ3) is 0.937. The minimum absolute atomic E-state index is 0.226. The maximum atomic E-state index is 11.5. The van der Waals surface area contributed by atoms with E-state index in [-0.39, 0.29) is 36.0 Å². The number of cyclic esters (lactones) is 2. The monoisotopic (exact) mass is 220 g/mol. The molecule has 0 aromatic rings. The van der Waals surface area contributed by atoms with Crippen molar-refractivity contribution in [1.82, 2.24) is 0 Å². The van der Waals surface area contributed by atoms with E-state index >= 15 is 0 Å². The van der Waals surface area contributed by atoms with Crippen LogP contribution < -0.4 is 0 Å². The summed E-state index contributed by atoms with van der Waals surface area (Å²) in [7, 11) is 0. The molecule has 1 aliphatic carbocycles. The molecule has 16 heavy (non-hydrogen) atoms. The zero-order valence-corrected chi connectivity index (χ0v) is 8.77. The van der Waals surface area contributed by atoms with Crippen LogP contribution in [-0.4, -0.2) is 24.1 Å². The fourth-order valence-electron chi connectivity index (χ4n) is 3.59. The van der Waals surface area contributed by atoms with Crippen LogP contribution in [0.2, 0.25) is 0 Å².